The van der Waals surface area contributed by atoms with Crippen LogP contribution < -0.4 is 4.90 Å². The number of rotatable bonds is 4. The highest BCUT2D eigenvalue weighted by molar-refractivity contribution is 6.13. The molecule has 1 heterocycles. The topological polar surface area (TPSA) is 16.4 Å². The molecule has 0 radical (unpaired) electrons. The standard InChI is InChI=1S/C38H25NO/c1-2-13-30(14-3-1)39(35-17-9-19-37-38(35)33-15-6-7-18-36(33)40-37)31-23-22-27-12-8-16-32(34(27)25-31)29-21-20-26-10-4-5-11-28(26)24-29/h1-25H. The fourth-order valence-electron chi connectivity index (χ4n) is 5.95. The molecule has 0 aliphatic heterocycles. The lowest BCUT2D eigenvalue weighted by Gasteiger charge is -2.26. The van der Waals surface area contributed by atoms with Crippen molar-refractivity contribution in [3.63, 3.8) is 0 Å². The van der Waals surface area contributed by atoms with Gasteiger partial charge in [0, 0.05) is 16.8 Å². The summed E-state index contributed by atoms with van der Waals surface area (Å²) in [6.45, 7) is 0. The second-order valence-corrected chi connectivity index (χ2v) is 10.2. The number of hydrogen-bond acceptors (Lipinski definition) is 2. The highest BCUT2D eigenvalue weighted by Gasteiger charge is 2.19. The van der Waals surface area contributed by atoms with Crippen molar-refractivity contribution >= 4 is 60.5 Å². The molecule has 1 aromatic heterocycles. The minimum atomic E-state index is 0.886. The van der Waals surface area contributed by atoms with Gasteiger partial charge in [-0.2, -0.15) is 0 Å². The van der Waals surface area contributed by atoms with E-state index in [-0.39, 0.29) is 0 Å². The minimum Gasteiger partial charge on any atom is -0.456 e. The average molecular weight is 512 g/mol. The van der Waals surface area contributed by atoms with E-state index >= 15 is 0 Å². The van der Waals surface area contributed by atoms with Crippen LogP contribution in [0.4, 0.5) is 17.1 Å². The minimum absolute atomic E-state index is 0.886. The third-order valence-corrected chi connectivity index (χ3v) is 7.82. The predicted molar refractivity (Wildman–Crippen MR) is 169 cm³/mol. The molecule has 0 aliphatic carbocycles. The summed E-state index contributed by atoms with van der Waals surface area (Å²) in [5, 5.41) is 7.17. The average Bonchev–Trinajstić information content (AvgIpc) is 3.41. The number of furan rings is 1. The van der Waals surface area contributed by atoms with Crippen LogP contribution in [-0.4, -0.2) is 0 Å². The van der Waals surface area contributed by atoms with Gasteiger partial charge in [0.1, 0.15) is 11.2 Å². The van der Waals surface area contributed by atoms with Crippen molar-refractivity contribution in [2.75, 3.05) is 4.90 Å². The third kappa shape index (κ3) is 3.65. The smallest absolute Gasteiger partial charge is 0.137 e. The molecular weight excluding hydrogens is 486 g/mol. The molecule has 2 heteroatoms. The second kappa shape index (κ2) is 9.14. The Balaban J connectivity index is 1.38. The molecule has 0 bridgehead atoms. The van der Waals surface area contributed by atoms with E-state index < -0.39 is 0 Å². The summed E-state index contributed by atoms with van der Waals surface area (Å²) < 4.78 is 6.27. The zero-order valence-corrected chi connectivity index (χ0v) is 21.8. The first-order valence-corrected chi connectivity index (χ1v) is 13.6. The van der Waals surface area contributed by atoms with Crippen LogP contribution in [0.3, 0.4) is 0 Å². The van der Waals surface area contributed by atoms with Gasteiger partial charge in [-0.15, -0.1) is 0 Å². The van der Waals surface area contributed by atoms with Gasteiger partial charge in [-0.25, -0.2) is 0 Å². The molecule has 8 aromatic rings. The van der Waals surface area contributed by atoms with E-state index in [1.54, 1.807) is 0 Å². The van der Waals surface area contributed by atoms with Crippen molar-refractivity contribution in [3.8, 4) is 11.1 Å². The number of nitrogens with zero attached hydrogens (tertiary/aromatic N) is 1. The Morgan fingerprint density at radius 2 is 1.15 bits per heavy atom. The molecule has 2 nitrogen and oxygen atoms in total. The van der Waals surface area contributed by atoms with Gasteiger partial charge in [0.25, 0.3) is 0 Å². The number of benzene rings is 7. The van der Waals surface area contributed by atoms with Crippen molar-refractivity contribution in [3.05, 3.63) is 152 Å². The summed E-state index contributed by atoms with van der Waals surface area (Å²) in [4.78, 5) is 2.35. The molecular formula is C38H25NO. The molecule has 0 atom stereocenters. The lowest BCUT2D eigenvalue weighted by atomic mass is 9.95. The highest BCUT2D eigenvalue weighted by atomic mass is 16.3. The van der Waals surface area contributed by atoms with Crippen molar-refractivity contribution in [1.29, 1.82) is 0 Å². The zero-order chi connectivity index (χ0) is 26.5. The Bertz CT molecular complexity index is 2170. The summed E-state index contributed by atoms with van der Waals surface area (Å²) in [6.07, 6.45) is 0. The highest BCUT2D eigenvalue weighted by Crippen LogP contribution is 2.44. The first-order chi connectivity index (χ1) is 19.8. The number of para-hydroxylation sites is 2. The van der Waals surface area contributed by atoms with Gasteiger partial charge >= 0.3 is 0 Å². The molecule has 0 aliphatic rings. The van der Waals surface area contributed by atoms with Gasteiger partial charge in [-0.1, -0.05) is 103 Å². The Hall–Kier alpha value is -5.34. The van der Waals surface area contributed by atoms with Crippen LogP contribution in [0.15, 0.2) is 156 Å². The molecule has 7 aromatic carbocycles. The zero-order valence-electron chi connectivity index (χ0n) is 21.8. The summed E-state index contributed by atoms with van der Waals surface area (Å²) in [7, 11) is 0. The van der Waals surface area contributed by atoms with Crippen molar-refractivity contribution in [2.24, 2.45) is 0 Å². The Morgan fingerprint density at radius 3 is 2.08 bits per heavy atom. The lowest BCUT2D eigenvalue weighted by Crippen LogP contribution is -2.10. The molecule has 0 saturated heterocycles. The van der Waals surface area contributed by atoms with Crippen LogP contribution in [0.5, 0.6) is 0 Å². The maximum Gasteiger partial charge on any atom is 0.137 e. The van der Waals surface area contributed by atoms with Crippen LogP contribution in [0, 0.1) is 0 Å². The first kappa shape index (κ1) is 22.6. The van der Waals surface area contributed by atoms with Crippen molar-refractivity contribution in [2.45, 2.75) is 0 Å². The Labute approximate surface area is 232 Å². The monoisotopic (exact) mass is 511 g/mol. The van der Waals surface area contributed by atoms with Gasteiger partial charge in [0.2, 0.25) is 0 Å². The first-order valence-electron chi connectivity index (χ1n) is 13.6. The quantitative estimate of drug-likeness (QED) is 0.234. The second-order valence-electron chi connectivity index (χ2n) is 10.2. The van der Waals surface area contributed by atoms with Crippen LogP contribution in [0.2, 0.25) is 0 Å². The maximum atomic E-state index is 6.27. The number of anilines is 3. The summed E-state index contributed by atoms with van der Waals surface area (Å²) in [6, 6.07) is 53.9. The molecule has 188 valence electrons. The molecule has 0 N–H and O–H groups in total. The van der Waals surface area contributed by atoms with Crippen LogP contribution in [0.25, 0.3) is 54.6 Å². The third-order valence-electron chi connectivity index (χ3n) is 7.82. The van der Waals surface area contributed by atoms with Crippen LogP contribution in [0.1, 0.15) is 0 Å². The molecule has 0 saturated carbocycles. The lowest BCUT2D eigenvalue weighted by molar-refractivity contribution is 0.669. The molecule has 0 fully saturated rings. The van der Waals surface area contributed by atoms with E-state index in [9.17, 15) is 0 Å². The fourth-order valence-corrected chi connectivity index (χ4v) is 5.95. The maximum absolute atomic E-state index is 6.27. The fraction of sp³-hybridized carbons (Fsp3) is 0. The van der Waals surface area contributed by atoms with Crippen LogP contribution in [-0.2, 0) is 0 Å². The summed E-state index contributed by atoms with van der Waals surface area (Å²) in [5.74, 6) is 0. The SMILES string of the molecule is c1ccc(N(c2ccc3cccc(-c4ccc5ccccc5c4)c3c2)c2cccc3oc4ccccc4c23)cc1. The Morgan fingerprint density at radius 1 is 0.425 bits per heavy atom. The molecule has 8 rings (SSSR count). The van der Waals surface area contributed by atoms with E-state index in [1.807, 2.05) is 12.1 Å². The van der Waals surface area contributed by atoms with Gasteiger partial charge < -0.3 is 9.32 Å². The van der Waals surface area contributed by atoms with E-state index in [0.717, 1.165) is 39.0 Å². The molecule has 0 unspecified atom stereocenters. The van der Waals surface area contributed by atoms with Gasteiger partial charge in [0.05, 0.1) is 11.1 Å². The number of hydrogen-bond donors (Lipinski definition) is 0. The molecule has 0 amide bonds. The van der Waals surface area contributed by atoms with E-state index in [4.69, 9.17) is 4.42 Å². The van der Waals surface area contributed by atoms with Gasteiger partial charge in [0.15, 0.2) is 0 Å². The Kier molecular flexibility index (Phi) is 5.17. The van der Waals surface area contributed by atoms with E-state index in [1.165, 1.54) is 32.7 Å². The molecule has 0 spiro atoms. The summed E-state index contributed by atoms with van der Waals surface area (Å²) >= 11 is 0. The van der Waals surface area contributed by atoms with E-state index in [2.05, 4.69) is 144 Å². The normalized spacial score (nSPS) is 11.5. The molecule has 40 heavy (non-hydrogen) atoms. The van der Waals surface area contributed by atoms with Gasteiger partial charge in [-0.05, 0) is 81.2 Å². The predicted octanol–water partition coefficient (Wildman–Crippen LogP) is 11.0. The van der Waals surface area contributed by atoms with Gasteiger partial charge in [-0.3, -0.25) is 0 Å². The van der Waals surface area contributed by atoms with Crippen molar-refractivity contribution < 1.29 is 4.42 Å². The van der Waals surface area contributed by atoms with E-state index in [0.29, 0.717) is 0 Å². The largest absolute Gasteiger partial charge is 0.456 e. The van der Waals surface area contributed by atoms with Crippen LogP contribution >= 0.6 is 0 Å². The summed E-state index contributed by atoms with van der Waals surface area (Å²) in [5.41, 5.74) is 7.52. The number of fused-ring (bicyclic) bond motifs is 5. The van der Waals surface area contributed by atoms with Crippen molar-refractivity contribution in [1.82, 2.24) is 0 Å².